The molecule has 2 aliphatic heterocycles. The second kappa shape index (κ2) is 14.6. The average molecular weight is 686 g/mol. The first kappa shape index (κ1) is 37.1. The molecule has 3 aromatic rings. The van der Waals surface area contributed by atoms with E-state index >= 15 is 0 Å². The van der Waals surface area contributed by atoms with Crippen molar-refractivity contribution in [2.45, 2.75) is 73.8 Å². The molecule has 10 heteroatoms. The molecule has 8 bridgehead atoms. The normalized spacial score (nSPS) is 22.6. The van der Waals surface area contributed by atoms with E-state index in [4.69, 9.17) is 24.8 Å². The number of carbonyl (C=O) groups excluding carboxylic acids is 2. The second-order valence-electron chi connectivity index (χ2n) is 13.6. The van der Waals surface area contributed by atoms with E-state index in [1.54, 1.807) is 0 Å². The van der Waals surface area contributed by atoms with Crippen molar-refractivity contribution in [3.05, 3.63) is 95.4 Å². The van der Waals surface area contributed by atoms with E-state index in [2.05, 4.69) is 38.4 Å². The Balaban J connectivity index is 0.00000486. The number of allylic oxidation sites excluding steroid dienone is 2. The number of nitrogens with zero attached hydrogens (tertiary/aromatic N) is 3. The molecule has 0 radical (unpaired) electrons. The minimum absolute atomic E-state index is 0. The molecule has 3 aromatic heterocycles. The van der Waals surface area contributed by atoms with Crippen LogP contribution in [0.2, 0.25) is 0 Å². The Hall–Kier alpha value is -4.15. The topological polar surface area (TPSA) is 131 Å². The summed E-state index contributed by atoms with van der Waals surface area (Å²) in [6.45, 7) is 18.5. The van der Waals surface area contributed by atoms with Gasteiger partial charge < -0.3 is 34.8 Å². The van der Waals surface area contributed by atoms with E-state index in [0.29, 0.717) is 28.3 Å². The summed E-state index contributed by atoms with van der Waals surface area (Å²) >= 11 is 0. The van der Waals surface area contributed by atoms with Crippen LogP contribution in [-0.4, -0.2) is 64.8 Å². The van der Waals surface area contributed by atoms with Gasteiger partial charge in [-0.1, -0.05) is 73.0 Å². The van der Waals surface area contributed by atoms with Crippen LogP contribution in [-0.2, 0) is 25.5 Å². The molecule has 50 heavy (non-hydrogen) atoms. The van der Waals surface area contributed by atoms with Gasteiger partial charge in [0.05, 0.1) is 7.11 Å². The van der Waals surface area contributed by atoms with E-state index in [1.807, 2.05) is 52.0 Å². The quantitative estimate of drug-likeness (QED) is 0.211. The van der Waals surface area contributed by atoms with Gasteiger partial charge in [0, 0.05) is 22.3 Å². The second-order valence-corrected chi connectivity index (χ2v) is 13.6. The van der Waals surface area contributed by atoms with Crippen molar-refractivity contribution < 1.29 is 24.2 Å². The van der Waals surface area contributed by atoms with Gasteiger partial charge >= 0.3 is 35.0 Å². The van der Waals surface area contributed by atoms with E-state index < -0.39 is 17.9 Å². The molecular weight excluding hydrogens is 641 g/mol. The van der Waals surface area contributed by atoms with Gasteiger partial charge in [-0.3, -0.25) is 9.59 Å². The van der Waals surface area contributed by atoms with Crippen LogP contribution >= 0.6 is 0 Å². The molecule has 4 atom stereocenters. The van der Waals surface area contributed by atoms with Gasteiger partial charge in [0.1, 0.15) is 18.3 Å². The number of aromatic nitrogens is 3. The number of aliphatic hydroxyl groups is 1. The standard InChI is InChI=1S/C40H45N4O5.Mg/c1-10-24-20(5)27-16-29-22(7)26(12-13-33(45)49-15-14-19(3)4)37(43-29)35-36(40(47)48-9)39(46)34-23(8)30(44-38(34)35)18-32-25(11-2)21(6)28(42-32)17-31(24)41-27;/h10,14,16-18,22,26,36-37,42,46H,1,11-13,15H2,2-9H3;/q-3;+2/b28-17-,29-16-,32-18-;/t22-,26-,36+,37?;/m0./s1. The number of hydrogen-bond donors (Lipinski definition) is 2. The third-order valence-corrected chi connectivity index (χ3v) is 10.5. The van der Waals surface area contributed by atoms with Crippen LogP contribution in [0.1, 0.15) is 85.4 Å². The SMILES string of the molecule is C=Cc1c2[n-]c(c1C)/C=C1\[N-]C(C3=c4[n-]c(c(C)c4=C(O)[C@@H]3C(=O)OC)/C=c3\[nH]/c(c(C)c3CC)=C\2)[C@@H](CCC(=O)OCC=C(C)C)[C@@H]1C.[Mg+2]. The molecule has 9 nitrogen and oxygen atoms in total. The van der Waals surface area contributed by atoms with Gasteiger partial charge in [-0.2, -0.15) is 5.70 Å². The Morgan fingerprint density at radius 3 is 2.38 bits per heavy atom. The van der Waals surface area contributed by atoms with Crippen molar-refractivity contribution in [3.8, 4) is 0 Å². The molecule has 1 saturated heterocycles. The van der Waals surface area contributed by atoms with Crippen LogP contribution in [0.25, 0.3) is 41.0 Å². The third kappa shape index (κ3) is 6.32. The molecule has 6 rings (SSSR count). The summed E-state index contributed by atoms with van der Waals surface area (Å²) in [4.78, 5) is 40.1. The molecule has 1 unspecified atom stereocenters. The molecule has 0 aromatic carbocycles. The molecule has 5 heterocycles. The number of carbonyl (C=O) groups is 2. The summed E-state index contributed by atoms with van der Waals surface area (Å²) in [7, 11) is 1.32. The zero-order valence-electron chi connectivity index (χ0n) is 30.4. The molecule has 0 spiro atoms. The van der Waals surface area contributed by atoms with Crippen LogP contribution in [0, 0.1) is 38.5 Å². The number of aliphatic hydroxyl groups excluding tert-OH is 1. The number of H-pyrrole nitrogens is 1. The molecule has 0 saturated carbocycles. The Kier molecular flexibility index (Phi) is 10.8. The number of aromatic amines is 1. The van der Waals surface area contributed by atoms with Crippen molar-refractivity contribution in [1.29, 1.82) is 0 Å². The smallest absolute Gasteiger partial charge is 0.681 e. The average Bonchev–Trinajstić information content (AvgIpc) is 3.80. The summed E-state index contributed by atoms with van der Waals surface area (Å²) in [5, 5.41) is 20.0. The predicted molar refractivity (Wildman–Crippen MR) is 198 cm³/mol. The molecule has 1 fully saturated rings. The van der Waals surface area contributed by atoms with E-state index in [0.717, 1.165) is 67.6 Å². The van der Waals surface area contributed by atoms with Gasteiger partial charge in [0.25, 0.3) is 0 Å². The number of ether oxygens (including phenoxy) is 2. The number of fused-ring (bicyclic) bond motifs is 8. The van der Waals surface area contributed by atoms with Crippen LogP contribution < -0.4 is 31.2 Å². The van der Waals surface area contributed by atoms with E-state index in [9.17, 15) is 14.7 Å². The van der Waals surface area contributed by atoms with Gasteiger partial charge in [-0.15, -0.1) is 22.4 Å². The Morgan fingerprint density at radius 1 is 1.02 bits per heavy atom. The summed E-state index contributed by atoms with van der Waals surface area (Å²) in [5.74, 6) is -2.31. The monoisotopic (exact) mass is 685 g/mol. The number of methoxy groups -OCH3 is 1. The molecule has 258 valence electrons. The first-order valence-electron chi connectivity index (χ1n) is 17.0. The van der Waals surface area contributed by atoms with Crippen molar-refractivity contribution >= 4 is 70.6 Å². The summed E-state index contributed by atoms with van der Waals surface area (Å²) in [6, 6.07) is -0.555. The summed E-state index contributed by atoms with van der Waals surface area (Å²) < 4.78 is 10.8. The third-order valence-electron chi connectivity index (χ3n) is 10.5. The van der Waals surface area contributed by atoms with Crippen molar-refractivity contribution in [2.24, 2.45) is 17.8 Å². The van der Waals surface area contributed by atoms with Crippen LogP contribution in [0.15, 0.2) is 23.9 Å². The largest absolute Gasteiger partial charge is 2.00 e. The maximum absolute atomic E-state index is 13.4. The Labute approximate surface area is 309 Å². The van der Waals surface area contributed by atoms with Gasteiger partial charge in [0.2, 0.25) is 0 Å². The van der Waals surface area contributed by atoms with Crippen LogP contribution in [0.3, 0.4) is 0 Å². The van der Waals surface area contributed by atoms with Gasteiger partial charge in [-0.25, -0.2) is 0 Å². The van der Waals surface area contributed by atoms with E-state index in [-0.39, 0.29) is 59.6 Å². The minimum Gasteiger partial charge on any atom is -0.681 e. The fourth-order valence-electron chi connectivity index (χ4n) is 7.65. The summed E-state index contributed by atoms with van der Waals surface area (Å²) in [5.41, 5.74) is 9.76. The van der Waals surface area contributed by atoms with Crippen molar-refractivity contribution in [2.75, 3.05) is 13.7 Å². The summed E-state index contributed by atoms with van der Waals surface area (Å²) in [6.07, 6.45) is 11.3. The molecule has 2 N–H and O–H groups in total. The predicted octanol–water partition coefficient (Wildman–Crippen LogP) is 3.61. The number of hydrogen-bond acceptors (Lipinski definition) is 5. The molecule has 1 aliphatic carbocycles. The maximum Gasteiger partial charge on any atom is 2.00 e. The molecule has 3 aliphatic rings. The molecule has 0 amide bonds. The minimum atomic E-state index is -1.06. The van der Waals surface area contributed by atoms with E-state index in [1.165, 1.54) is 7.11 Å². The fourth-order valence-corrected chi connectivity index (χ4v) is 7.65. The first-order valence-corrected chi connectivity index (χ1v) is 17.0. The fraction of sp³-hybridized carbons (Fsp3) is 0.400. The van der Waals surface area contributed by atoms with Crippen molar-refractivity contribution in [1.82, 2.24) is 15.0 Å². The van der Waals surface area contributed by atoms with Gasteiger partial charge in [0.15, 0.2) is 0 Å². The number of esters is 2. The molecular formula is C40H45MgN4O5-. The van der Waals surface area contributed by atoms with Gasteiger partial charge in [-0.05, 0) is 82.1 Å². The first-order chi connectivity index (χ1) is 23.4. The zero-order valence-corrected chi connectivity index (χ0v) is 31.8. The van der Waals surface area contributed by atoms with Crippen molar-refractivity contribution in [3.63, 3.8) is 0 Å². The maximum atomic E-state index is 13.4. The number of nitrogens with one attached hydrogen (secondary N) is 1. The Bertz CT molecular complexity index is 2190. The number of rotatable bonds is 8. The zero-order chi connectivity index (χ0) is 35.3. The van der Waals surface area contributed by atoms with Crippen LogP contribution in [0.4, 0.5) is 0 Å². The Morgan fingerprint density at radius 2 is 1.72 bits per heavy atom. The van der Waals surface area contributed by atoms with Crippen LogP contribution in [0.5, 0.6) is 0 Å².